The highest BCUT2D eigenvalue weighted by atomic mass is 16.5. The van der Waals surface area contributed by atoms with E-state index in [0.29, 0.717) is 34.3 Å². The van der Waals surface area contributed by atoms with Crippen molar-refractivity contribution in [3.63, 3.8) is 0 Å². The third kappa shape index (κ3) is 4.53. The molecule has 1 amide bonds. The van der Waals surface area contributed by atoms with Gasteiger partial charge < -0.3 is 19.3 Å². The lowest BCUT2D eigenvalue weighted by atomic mass is 10.1. The van der Waals surface area contributed by atoms with Crippen LogP contribution in [0.25, 0.3) is 0 Å². The van der Waals surface area contributed by atoms with E-state index in [4.69, 9.17) is 14.0 Å². The number of rotatable bonds is 6. The van der Waals surface area contributed by atoms with E-state index >= 15 is 0 Å². The number of esters is 1. The predicted octanol–water partition coefficient (Wildman–Crippen LogP) is 3.30. The second-order valence-corrected chi connectivity index (χ2v) is 6.02. The molecular weight excluding hydrogens is 362 g/mol. The quantitative estimate of drug-likeness (QED) is 0.653. The van der Waals surface area contributed by atoms with Gasteiger partial charge in [0.15, 0.2) is 6.61 Å². The number of ether oxygens (including phenoxy) is 2. The number of hydrogen-bond acceptors (Lipinski definition) is 7. The maximum absolute atomic E-state index is 12.5. The summed E-state index contributed by atoms with van der Waals surface area (Å²) < 4.78 is 15.2. The molecular formula is C20H19N3O5. The van der Waals surface area contributed by atoms with E-state index in [-0.39, 0.29) is 12.5 Å². The first kappa shape index (κ1) is 19.1. The Kier molecular flexibility index (Phi) is 5.69. The van der Waals surface area contributed by atoms with Gasteiger partial charge in [-0.05, 0) is 48.9 Å². The molecule has 0 saturated carbocycles. The van der Waals surface area contributed by atoms with Crippen LogP contribution < -0.4 is 10.1 Å². The molecule has 0 aliphatic heterocycles. The van der Waals surface area contributed by atoms with Gasteiger partial charge in [0.25, 0.3) is 5.91 Å². The van der Waals surface area contributed by atoms with Gasteiger partial charge in [-0.1, -0.05) is 11.2 Å². The molecule has 3 rings (SSSR count). The van der Waals surface area contributed by atoms with Crippen molar-refractivity contribution in [3.8, 4) is 5.75 Å². The number of aromatic nitrogens is 2. The number of carbonyl (C=O) groups is 2. The maximum Gasteiger partial charge on any atom is 0.337 e. The molecule has 0 aliphatic rings. The predicted molar refractivity (Wildman–Crippen MR) is 100 cm³/mol. The van der Waals surface area contributed by atoms with Gasteiger partial charge in [0.2, 0.25) is 11.7 Å². The molecule has 0 saturated heterocycles. The fourth-order valence-electron chi connectivity index (χ4n) is 2.45. The van der Waals surface area contributed by atoms with E-state index in [1.165, 1.54) is 7.11 Å². The molecule has 8 nitrogen and oxygen atoms in total. The second-order valence-electron chi connectivity index (χ2n) is 6.02. The van der Waals surface area contributed by atoms with Gasteiger partial charge in [-0.25, -0.2) is 4.79 Å². The minimum atomic E-state index is -0.464. The van der Waals surface area contributed by atoms with Gasteiger partial charge in [0.05, 0.1) is 12.7 Å². The SMILES string of the molecule is COC(=O)c1ccc(C)c(NC(=O)c2ccc(OCc3noc(C)n3)cc2)c1. The fraction of sp³-hybridized carbons (Fsp3) is 0.200. The molecule has 144 valence electrons. The number of benzene rings is 2. The van der Waals surface area contributed by atoms with Crippen molar-refractivity contribution in [2.75, 3.05) is 12.4 Å². The first-order valence-electron chi connectivity index (χ1n) is 8.48. The molecule has 0 aliphatic carbocycles. The van der Waals surface area contributed by atoms with E-state index in [2.05, 4.69) is 15.5 Å². The highest BCUT2D eigenvalue weighted by Gasteiger charge is 2.12. The number of carbonyl (C=O) groups excluding carboxylic acids is 2. The Balaban J connectivity index is 1.65. The lowest BCUT2D eigenvalue weighted by Gasteiger charge is -2.10. The molecule has 0 atom stereocenters. The Bertz CT molecular complexity index is 995. The minimum Gasteiger partial charge on any atom is -0.485 e. The summed E-state index contributed by atoms with van der Waals surface area (Å²) in [6.07, 6.45) is 0. The van der Waals surface area contributed by atoms with Gasteiger partial charge in [-0.3, -0.25) is 4.79 Å². The van der Waals surface area contributed by atoms with Crippen LogP contribution >= 0.6 is 0 Å². The summed E-state index contributed by atoms with van der Waals surface area (Å²) in [7, 11) is 1.31. The summed E-state index contributed by atoms with van der Waals surface area (Å²) in [6.45, 7) is 3.71. The Morgan fingerprint density at radius 1 is 1.07 bits per heavy atom. The Hall–Kier alpha value is -3.68. The number of nitrogens with zero attached hydrogens (tertiary/aromatic N) is 2. The molecule has 0 fully saturated rings. The average molecular weight is 381 g/mol. The van der Waals surface area contributed by atoms with Gasteiger partial charge in [-0.15, -0.1) is 0 Å². The van der Waals surface area contributed by atoms with Crippen molar-refractivity contribution in [2.24, 2.45) is 0 Å². The molecule has 0 radical (unpaired) electrons. The van der Waals surface area contributed by atoms with Crippen molar-refractivity contribution in [2.45, 2.75) is 20.5 Å². The van der Waals surface area contributed by atoms with Crippen molar-refractivity contribution in [1.82, 2.24) is 10.1 Å². The lowest BCUT2D eigenvalue weighted by molar-refractivity contribution is 0.0600. The van der Waals surface area contributed by atoms with Crippen LogP contribution in [-0.4, -0.2) is 29.1 Å². The van der Waals surface area contributed by atoms with E-state index in [1.807, 2.05) is 6.92 Å². The van der Waals surface area contributed by atoms with Crippen molar-refractivity contribution in [3.05, 3.63) is 70.9 Å². The van der Waals surface area contributed by atoms with Crippen LogP contribution in [0.1, 0.15) is 38.0 Å². The van der Waals surface area contributed by atoms with Crippen LogP contribution in [0, 0.1) is 13.8 Å². The van der Waals surface area contributed by atoms with E-state index in [0.717, 1.165) is 5.56 Å². The maximum atomic E-state index is 12.5. The van der Waals surface area contributed by atoms with Gasteiger partial charge in [0, 0.05) is 18.2 Å². The second kappa shape index (κ2) is 8.34. The van der Waals surface area contributed by atoms with E-state index in [1.54, 1.807) is 49.4 Å². The Morgan fingerprint density at radius 2 is 1.79 bits per heavy atom. The summed E-state index contributed by atoms with van der Waals surface area (Å²) >= 11 is 0. The summed E-state index contributed by atoms with van der Waals surface area (Å²) in [5, 5.41) is 6.56. The summed E-state index contributed by atoms with van der Waals surface area (Å²) in [4.78, 5) is 28.2. The standard InChI is InChI=1S/C20H19N3O5/c1-12-4-5-15(20(25)26-3)10-17(12)22-19(24)14-6-8-16(9-7-14)27-11-18-21-13(2)28-23-18/h4-10H,11H2,1-3H3,(H,22,24). The highest BCUT2D eigenvalue weighted by molar-refractivity contribution is 6.05. The van der Waals surface area contributed by atoms with Crippen molar-refractivity contribution < 1.29 is 23.6 Å². The Morgan fingerprint density at radius 3 is 2.43 bits per heavy atom. The zero-order valence-electron chi connectivity index (χ0n) is 15.7. The first-order valence-corrected chi connectivity index (χ1v) is 8.48. The molecule has 3 aromatic rings. The largest absolute Gasteiger partial charge is 0.485 e. The molecule has 8 heteroatoms. The zero-order valence-corrected chi connectivity index (χ0v) is 15.7. The van der Waals surface area contributed by atoms with E-state index < -0.39 is 5.97 Å². The Labute approximate surface area is 161 Å². The van der Waals surface area contributed by atoms with Crippen molar-refractivity contribution >= 4 is 17.6 Å². The number of methoxy groups -OCH3 is 1. The molecule has 2 aromatic carbocycles. The number of aryl methyl sites for hydroxylation is 2. The summed E-state index contributed by atoms with van der Waals surface area (Å²) in [6, 6.07) is 11.6. The van der Waals surface area contributed by atoms with Crippen LogP contribution in [0.3, 0.4) is 0 Å². The minimum absolute atomic E-state index is 0.169. The van der Waals surface area contributed by atoms with Crippen molar-refractivity contribution in [1.29, 1.82) is 0 Å². The molecule has 1 N–H and O–H groups in total. The smallest absolute Gasteiger partial charge is 0.337 e. The van der Waals surface area contributed by atoms with Crippen LogP contribution in [0.4, 0.5) is 5.69 Å². The lowest BCUT2D eigenvalue weighted by Crippen LogP contribution is -2.13. The third-order valence-electron chi connectivity index (χ3n) is 3.96. The van der Waals surface area contributed by atoms with Gasteiger partial charge >= 0.3 is 5.97 Å². The monoisotopic (exact) mass is 381 g/mol. The first-order chi connectivity index (χ1) is 13.5. The normalized spacial score (nSPS) is 10.4. The highest BCUT2D eigenvalue weighted by Crippen LogP contribution is 2.20. The number of nitrogens with one attached hydrogen (secondary N) is 1. The summed E-state index contributed by atoms with van der Waals surface area (Å²) in [5.41, 5.74) is 2.19. The number of anilines is 1. The zero-order chi connectivity index (χ0) is 20.1. The fourth-order valence-corrected chi connectivity index (χ4v) is 2.45. The molecule has 0 bridgehead atoms. The van der Waals surface area contributed by atoms with Crippen LogP contribution in [0.2, 0.25) is 0 Å². The van der Waals surface area contributed by atoms with Crippen LogP contribution in [-0.2, 0) is 11.3 Å². The molecule has 1 aromatic heterocycles. The van der Waals surface area contributed by atoms with Crippen LogP contribution in [0.15, 0.2) is 47.0 Å². The molecule has 0 spiro atoms. The van der Waals surface area contributed by atoms with Crippen LogP contribution in [0.5, 0.6) is 5.75 Å². The topological polar surface area (TPSA) is 104 Å². The number of amides is 1. The van der Waals surface area contributed by atoms with E-state index in [9.17, 15) is 9.59 Å². The van der Waals surface area contributed by atoms with Gasteiger partial charge in [-0.2, -0.15) is 4.98 Å². The average Bonchev–Trinajstić information content (AvgIpc) is 3.13. The molecule has 1 heterocycles. The van der Waals surface area contributed by atoms with Gasteiger partial charge in [0.1, 0.15) is 5.75 Å². The summed E-state index contributed by atoms with van der Waals surface area (Å²) in [5.74, 6) is 0.722. The molecule has 28 heavy (non-hydrogen) atoms. The third-order valence-corrected chi connectivity index (χ3v) is 3.96. The number of hydrogen-bond donors (Lipinski definition) is 1. The molecule has 0 unspecified atom stereocenters.